The molecule has 2 heterocycles. The number of Topliss-reactive ketones (excluding diaryl/α,β-unsaturated/α-hetero) is 1. The molecule has 0 radical (unpaired) electrons. The van der Waals surface area contributed by atoms with Crippen LogP contribution < -0.4 is 0 Å². The summed E-state index contributed by atoms with van der Waals surface area (Å²) in [5.74, 6) is 1.70. The molecule has 2 unspecified atom stereocenters. The minimum Gasteiger partial charge on any atom is -0.381 e. The Labute approximate surface area is 123 Å². The molecule has 3 heteroatoms. The van der Waals surface area contributed by atoms with Crippen LogP contribution in [0.1, 0.15) is 57.8 Å². The van der Waals surface area contributed by atoms with Gasteiger partial charge in [0.15, 0.2) is 0 Å². The summed E-state index contributed by atoms with van der Waals surface area (Å²) in [5, 5.41) is 0. The van der Waals surface area contributed by atoms with E-state index in [9.17, 15) is 4.79 Å². The number of piperidine rings is 1. The number of ether oxygens (including phenoxy) is 1. The molecule has 0 aromatic heterocycles. The van der Waals surface area contributed by atoms with Crippen molar-refractivity contribution in [3.05, 3.63) is 0 Å². The number of rotatable bonds is 3. The zero-order chi connectivity index (χ0) is 13.8. The molecule has 2 atom stereocenters. The number of nitrogens with zero attached hydrogens (tertiary/aromatic N) is 1. The summed E-state index contributed by atoms with van der Waals surface area (Å²) in [6.45, 7) is 4.29. The molecule has 2 aliphatic heterocycles. The van der Waals surface area contributed by atoms with Crippen molar-refractivity contribution in [1.29, 1.82) is 0 Å². The van der Waals surface area contributed by atoms with E-state index in [1.165, 1.54) is 51.6 Å². The fourth-order valence-electron chi connectivity index (χ4n) is 4.38. The van der Waals surface area contributed by atoms with E-state index in [2.05, 4.69) is 4.90 Å². The van der Waals surface area contributed by atoms with Gasteiger partial charge in [-0.2, -0.15) is 0 Å². The highest BCUT2D eigenvalue weighted by Crippen LogP contribution is 2.33. The normalized spacial score (nSPS) is 34.3. The molecule has 2 saturated heterocycles. The Kier molecular flexibility index (Phi) is 5.11. The zero-order valence-corrected chi connectivity index (χ0v) is 12.7. The molecule has 3 nitrogen and oxygen atoms in total. The third-order valence-electron chi connectivity index (χ3n) is 5.56. The van der Waals surface area contributed by atoms with Gasteiger partial charge in [0.2, 0.25) is 0 Å². The van der Waals surface area contributed by atoms with Gasteiger partial charge < -0.3 is 4.74 Å². The quantitative estimate of drug-likeness (QED) is 0.795. The first-order valence-corrected chi connectivity index (χ1v) is 8.69. The van der Waals surface area contributed by atoms with Gasteiger partial charge in [-0.05, 0) is 51.0 Å². The first-order chi connectivity index (χ1) is 9.84. The number of hydrogen-bond acceptors (Lipinski definition) is 3. The van der Waals surface area contributed by atoms with Crippen LogP contribution >= 0.6 is 0 Å². The maximum absolute atomic E-state index is 12.3. The highest BCUT2D eigenvalue weighted by Gasteiger charge is 2.36. The Balaban J connectivity index is 1.62. The van der Waals surface area contributed by atoms with E-state index in [1.807, 2.05) is 0 Å². The summed E-state index contributed by atoms with van der Waals surface area (Å²) in [6, 6.07) is 0.555. The monoisotopic (exact) mass is 279 g/mol. The van der Waals surface area contributed by atoms with Crippen LogP contribution in [0.2, 0.25) is 0 Å². The first kappa shape index (κ1) is 14.5. The van der Waals surface area contributed by atoms with Gasteiger partial charge in [0.1, 0.15) is 5.78 Å². The Morgan fingerprint density at radius 3 is 2.60 bits per heavy atom. The van der Waals surface area contributed by atoms with Crippen LogP contribution in [0.3, 0.4) is 0 Å². The summed E-state index contributed by atoms with van der Waals surface area (Å²) in [5.41, 5.74) is 0. The molecule has 0 spiro atoms. The van der Waals surface area contributed by atoms with Crippen molar-refractivity contribution in [1.82, 2.24) is 4.90 Å². The van der Waals surface area contributed by atoms with Crippen LogP contribution in [0, 0.1) is 11.8 Å². The van der Waals surface area contributed by atoms with Crippen molar-refractivity contribution in [2.24, 2.45) is 11.8 Å². The van der Waals surface area contributed by atoms with Crippen LogP contribution in [-0.4, -0.2) is 43.0 Å². The smallest absolute Gasteiger partial charge is 0.137 e. The zero-order valence-electron chi connectivity index (χ0n) is 12.7. The van der Waals surface area contributed by atoms with Crippen molar-refractivity contribution in [2.45, 2.75) is 63.8 Å². The van der Waals surface area contributed by atoms with Crippen LogP contribution in [0.25, 0.3) is 0 Å². The minimum atomic E-state index is 0.351. The molecule has 114 valence electrons. The second-order valence-electron chi connectivity index (χ2n) is 6.93. The molecule has 1 saturated carbocycles. The van der Waals surface area contributed by atoms with Crippen molar-refractivity contribution >= 4 is 5.78 Å². The Morgan fingerprint density at radius 2 is 1.80 bits per heavy atom. The van der Waals surface area contributed by atoms with Crippen LogP contribution in [0.4, 0.5) is 0 Å². The predicted octanol–water partition coefficient (Wildman–Crippen LogP) is 3.03. The van der Waals surface area contributed by atoms with Gasteiger partial charge in [0.05, 0.1) is 0 Å². The SMILES string of the molecule is O=C1CCCCC1C1CCCCN1CC1CCOCC1. The topological polar surface area (TPSA) is 29.5 Å². The molecule has 0 bridgehead atoms. The summed E-state index contributed by atoms with van der Waals surface area (Å²) in [7, 11) is 0. The summed E-state index contributed by atoms with van der Waals surface area (Å²) >= 11 is 0. The highest BCUT2D eigenvalue weighted by molar-refractivity contribution is 5.82. The van der Waals surface area contributed by atoms with E-state index in [4.69, 9.17) is 4.74 Å². The standard InChI is InChI=1S/C17H29NO2/c19-17-7-2-1-5-15(17)16-6-3-4-10-18(16)13-14-8-11-20-12-9-14/h14-16H,1-13H2. The fourth-order valence-corrected chi connectivity index (χ4v) is 4.38. The molecule has 20 heavy (non-hydrogen) atoms. The van der Waals surface area contributed by atoms with Gasteiger partial charge in [0, 0.05) is 38.1 Å². The summed E-state index contributed by atoms with van der Waals surface area (Å²) in [6.07, 6.45) is 10.7. The Bertz CT molecular complexity index is 325. The van der Waals surface area contributed by atoms with E-state index in [0.717, 1.165) is 38.4 Å². The number of ketones is 1. The van der Waals surface area contributed by atoms with Gasteiger partial charge in [-0.1, -0.05) is 12.8 Å². The van der Waals surface area contributed by atoms with E-state index in [1.54, 1.807) is 0 Å². The van der Waals surface area contributed by atoms with Crippen LogP contribution in [0.15, 0.2) is 0 Å². The maximum atomic E-state index is 12.3. The van der Waals surface area contributed by atoms with Gasteiger partial charge in [-0.25, -0.2) is 0 Å². The molecule has 0 aromatic rings. The summed E-state index contributed by atoms with van der Waals surface area (Å²) in [4.78, 5) is 15.0. The number of likely N-dealkylation sites (tertiary alicyclic amines) is 1. The largest absolute Gasteiger partial charge is 0.381 e. The third kappa shape index (κ3) is 3.43. The molecule has 0 aromatic carbocycles. The lowest BCUT2D eigenvalue weighted by molar-refractivity contribution is -0.128. The highest BCUT2D eigenvalue weighted by atomic mass is 16.5. The minimum absolute atomic E-state index is 0.351. The van der Waals surface area contributed by atoms with Crippen molar-refractivity contribution in [3.63, 3.8) is 0 Å². The van der Waals surface area contributed by atoms with Crippen molar-refractivity contribution < 1.29 is 9.53 Å². The van der Waals surface area contributed by atoms with Gasteiger partial charge in [0.25, 0.3) is 0 Å². The molecule has 1 aliphatic carbocycles. The lowest BCUT2D eigenvalue weighted by atomic mass is 9.78. The lowest BCUT2D eigenvalue weighted by Gasteiger charge is -2.43. The predicted molar refractivity (Wildman–Crippen MR) is 79.7 cm³/mol. The molecule has 0 N–H and O–H groups in total. The molecular formula is C17H29NO2. The maximum Gasteiger partial charge on any atom is 0.137 e. The Morgan fingerprint density at radius 1 is 1.00 bits per heavy atom. The van der Waals surface area contributed by atoms with Crippen molar-refractivity contribution in [2.75, 3.05) is 26.3 Å². The average Bonchev–Trinajstić information content (AvgIpc) is 2.50. The number of hydrogen-bond donors (Lipinski definition) is 0. The second kappa shape index (κ2) is 7.04. The number of carbonyl (C=O) groups excluding carboxylic acids is 1. The number of carbonyl (C=O) groups is 1. The second-order valence-corrected chi connectivity index (χ2v) is 6.93. The first-order valence-electron chi connectivity index (χ1n) is 8.69. The molecule has 3 rings (SSSR count). The lowest BCUT2D eigenvalue weighted by Crippen LogP contribution is -2.49. The van der Waals surface area contributed by atoms with E-state index in [0.29, 0.717) is 17.7 Å². The van der Waals surface area contributed by atoms with Crippen LogP contribution in [-0.2, 0) is 9.53 Å². The van der Waals surface area contributed by atoms with E-state index >= 15 is 0 Å². The molecule has 3 fully saturated rings. The summed E-state index contributed by atoms with van der Waals surface area (Å²) < 4.78 is 5.48. The van der Waals surface area contributed by atoms with E-state index < -0.39 is 0 Å². The van der Waals surface area contributed by atoms with E-state index in [-0.39, 0.29) is 0 Å². The van der Waals surface area contributed by atoms with Gasteiger partial charge in [-0.15, -0.1) is 0 Å². The van der Waals surface area contributed by atoms with Crippen LogP contribution in [0.5, 0.6) is 0 Å². The molecule has 3 aliphatic rings. The third-order valence-corrected chi connectivity index (χ3v) is 5.56. The van der Waals surface area contributed by atoms with Gasteiger partial charge >= 0.3 is 0 Å². The molecular weight excluding hydrogens is 250 g/mol. The van der Waals surface area contributed by atoms with Crippen molar-refractivity contribution in [3.8, 4) is 0 Å². The Hall–Kier alpha value is -0.410. The van der Waals surface area contributed by atoms with Gasteiger partial charge in [-0.3, -0.25) is 9.69 Å². The molecule has 0 amide bonds. The fraction of sp³-hybridized carbons (Fsp3) is 0.941. The average molecular weight is 279 g/mol.